The van der Waals surface area contributed by atoms with Crippen LogP contribution >= 0.6 is 12.4 Å². The zero-order chi connectivity index (χ0) is 20.5. The van der Waals surface area contributed by atoms with Gasteiger partial charge in [0, 0.05) is 50.9 Å². The fraction of sp³-hybridized carbons (Fsp3) is 0.300. The molecule has 158 valence electrons. The molecular weight excluding hydrogens is 396 g/mol. The van der Waals surface area contributed by atoms with Gasteiger partial charge in [0.1, 0.15) is 13.2 Å². The van der Waals surface area contributed by atoms with E-state index >= 15 is 0 Å². The van der Waals surface area contributed by atoms with Crippen LogP contribution in [0.25, 0.3) is 0 Å². The molecule has 9 heteroatoms. The van der Waals surface area contributed by atoms with Crippen molar-refractivity contribution in [2.24, 2.45) is 0 Å². The normalized spacial score (nSPS) is 9.66. The first-order valence-electron chi connectivity index (χ1n) is 8.77. The molecule has 0 aromatic heterocycles. The minimum Gasteiger partial charge on any atom is -0.446 e. The fourth-order valence-electron chi connectivity index (χ4n) is 2.26. The number of carbonyl (C=O) groups excluding carboxylic acids is 2. The highest BCUT2D eigenvalue weighted by molar-refractivity contribution is 5.86. The topological polar surface area (TPSA) is 83.1 Å². The molecule has 0 aliphatic carbocycles. The Bertz CT molecular complexity index is 713. The van der Waals surface area contributed by atoms with Crippen LogP contribution in [0.1, 0.15) is 0 Å². The average Bonchev–Trinajstić information content (AvgIpc) is 2.66. The Morgan fingerprint density at radius 2 is 1.00 bits per heavy atom. The molecule has 2 aromatic rings. The van der Waals surface area contributed by atoms with Gasteiger partial charge in [-0.15, -0.1) is 12.4 Å². The third-order valence-electron chi connectivity index (χ3n) is 3.81. The quantitative estimate of drug-likeness (QED) is 0.655. The van der Waals surface area contributed by atoms with E-state index in [4.69, 9.17) is 9.47 Å². The zero-order valence-electron chi connectivity index (χ0n) is 17.0. The number of anilines is 4. The lowest BCUT2D eigenvalue weighted by atomic mass is 10.2. The van der Waals surface area contributed by atoms with Crippen LogP contribution in [0.15, 0.2) is 48.5 Å². The minimum atomic E-state index is -0.610. The third kappa shape index (κ3) is 8.18. The van der Waals surface area contributed by atoms with Crippen LogP contribution in [0.3, 0.4) is 0 Å². The average molecular weight is 423 g/mol. The summed E-state index contributed by atoms with van der Waals surface area (Å²) in [7, 11) is 7.74. The maximum atomic E-state index is 11.8. The van der Waals surface area contributed by atoms with Gasteiger partial charge >= 0.3 is 12.2 Å². The number of carbonyl (C=O) groups is 2. The molecule has 2 amide bonds. The molecule has 29 heavy (non-hydrogen) atoms. The summed E-state index contributed by atoms with van der Waals surface area (Å²) in [6.07, 6.45) is -1.22. The molecule has 0 heterocycles. The standard InChI is InChI=1S/C20H26N4O4.ClH/c1-23(2)17-9-5-15(6-10-17)21-19(25)27-13-14-28-20(26)22-16-7-11-18(12-8-16)24(3)4;/h5-12H,13-14H2,1-4H3,(H,21,25)(H,22,26);1H. The SMILES string of the molecule is CN(C)c1ccc(NC(=O)OCCOC(=O)Nc2ccc(N(C)C)cc2)cc1.Cl. The van der Waals surface area contributed by atoms with Gasteiger partial charge in [-0.05, 0) is 48.5 Å². The summed E-state index contributed by atoms with van der Waals surface area (Å²) < 4.78 is 9.99. The van der Waals surface area contributed by atoms with Crippen molar-refractivity contribution in [3.63, 3.8) is 0 Å². The van der Waals surface area contributed by atoms with Gasteiger partial charge in [0.25, 0.3) is 0 Å². The Balaban J connectivity index is 0.00000420. The number of ether oxygens (including phenoxy) is 2. The first kappa shape index (κ1) is 23.9. The summed E-state index contributed by atoms with van der Waals surface area (Å²) in [6, 6.07) is 14.7. The van der Waals surface area contributed by atoms with Gasteiger partial charge in [0.2, 0.25) is 0 Å². The largest absolute Gasteiger partial charge is 0.446 e. The van der Waals surface area contributed by atoms with E-state index in [9.17, 15) is 9.59 Å². The first-order chi connectivity index (χ1) is 13.3. The van der Waals surface area contributed by atoms with Crippen LogP contribution in [-0.4, -0.2) is 53.6 Å². The number of halogens is 1. The second kappa shape index (κ2) is 11.7. The molecule has 2 aromatic carbocycles. The van der Waals surface area contributed by atoms with E-state index in [0.29, 0.717) is 11.4 Å². The molecule has 0 aliphatic heterocycles. The van der Waals surface area contributed by atoms with Crippen molar-refractivity contribution in [1.82, 2.24) is 0 Å². The number of hydrogen-bond acceptors (Lipinski definition) is 6. The van der Waals surface area contributed by atoms with Crippen molar-refractivity contribution < 1.29 is 19.1 Å². The highest BCUT2D eigenvalue weighted by Crippen LogP contribution is 2.16. The summed E-state index contributed by atoms with van der Waals surface area (Å²) >= 11 is 0. The molecule has 0 bridgehead atoms. The summed E-state index contributed by atoms with van der Waals surface area (Å²) in [4.78, 5) is 27.4. The van der Waals surface area contributed by atoms with Gasteiger partial charge in [-0.25, -0.2) is 9.59 Å². The number of amides is 2. The number of hydrogen-bond donors (Lipinski definition) is 2. The predicted octanol–water partition coefficient (Wildman–Crippen LogP) is 4.04. The molecule has 2 N–H and O–H groups in total. The molecule has 0 spiro atoms. The Kier molecular flexibility index (Phi) is 9.61. The van der Waals surface area contributed by atoms with Crippen LogP contribution in [0.2, 0.25) is 0 Å². The zero-order valence-corrected chi connectivity index (χ0v) is 17.8. The van der Waals surface area contributed by atoms with E-state index in [1.54, 1.807) is 24.3 Å². The van der Waals surface area contributed by atoms with Crippen molar-refractivity contribution in [3.8, 4) is 0 Å². The summed E-state index contributed by atoms with van der Waals surface area (Å²) in [5.41, 5.74) is 3.29. The van der Waals surface area contributed by atoms with Gasteiger partial charge in [-0.1, -0.05) is 0 Å². The number of nitrogens with one attached hydrogen (secondary N) is 2. The maximum Gasteiger partial charge on any atom is 0.411 e. The molecule has 0 fully saturated rings. The van der Waals surface area contributed by atoms with Crippen molar-refractivity contribution in [3.05, 3.63) is 48.5 Å². The van der Waals surface area contributed by atoms with Crippen LogP contribution in [-0.2, 0) is 9.47 Å². The van der Waals surface area contributed by atoms with E-state index in [2.05, 4.69) is 10.6 Å². The Morgan fingerprint density at radius 1 is 0.690 bits per heavy atom. The lowest BCUT2D eigenvalue weighted by molar-refractivity contribution is 0.110. The molecule has 0 atom stereocenters. The number of nitrogens with zero attached hydrogens (tertiary/aromatic N) is 2. The molecule has 0 unspecified atom stereocenters. The maximum absolute atomic E-state index is 11.8. The smallest absolute Gasteiger partial charge is 0.411 e. The minimum absolute atomic E-state index is 0. The second-order valence-corrected chi connectivity index (χ2v) is 6.40. The molecule has 0 aliphatic rings. The Hall–Kier alpha value is -3.13. The highest BCUT2D eigenvalue weighted by atomic mass is 35.5. The van der Waals surface area contributed by atoms with E-state index < -0.39 is 12.2 Å². The van der Waals surface area contributed by atoms with Gasteiger partial charge in [-0.3, -0.25) is 10.6 Å². The van der Waals surface area contributed by atoms with Gasteiger partial charge in [-0.2, -0.15) is 0 Å². The van der Waals surface area contributed by atoms with Crippen molar-refractivity contribution in [1.29, 1.82) is 0 Å². The molecule has 0 radical (unpaired) electrons. The van der Waals surface area contributed by atoms with E-state index in [0.717, 1.165) is 11.4 Å². The monoisotopic (exact) mass is 422 g/mol. The number of benzene rings is 2. The van der Waals surface area contributed by atoms with Crippen LogP contribution in [0, 0.1) is 0 Å². The molecule has 8 nitrogen and oxygen atoms in total. The van der Waals surface area contributed by atoms with E-state index in [1.807, 2.05) is 62.3 Å². The van der Waals surface area contributed by atoms with E-state index in [-0.39, 0.29) is 25.6 Å². The van der Waals surface area contributed by atoms with Crippen LogP contribution < -0.4 is 20.4 Å². The van der Waals surface area contributed by atoms with Crippen molar-refractivity contribution >= 4 is 47.3 Å². The number of rotatable bonds is 7. The van der Waals surface area contributed by atoms with E-state index in [1.165, 1.54) is 0 Å². The molecular formula is C20H27ClN4O4. The predicted molar refractivity (Wildman–Crippen MR) is 119 cm³/mol. The van der Waals surface area contributed by atoms with Gasteiger partial charge < -0.3 is 19.3 Å². The van der Waals surface area contributed by atoms with Gasteiger partial charge in [0.05, 0.1) is 0 Å². The third-order valence-corrected chi connectivity index (χ3v) is 3.81. The van der Waals surface area contributed by atoms with Crippen molar-refractivity contribution in [2.45, 2.75) is 0 Å². The summed E-state index contributed by atoms with van der Waals surface area (Å²) in [5.74, 6) is 0. The molecule has 0 saturated carbocycles. The van der Waals surface area contributed by atoms with Gasteiger partial charge in [0.15, 0.2) is 0 Å². The summed E-state index contributed by atoms with van der Waals surface area (Å²) in [5, 5.41) is 5.22. The van der Waals surface area contributed by atoms with Crippen LogP contribution in [0.5, 0.6) is 0 Å². The second-order valence-electron chi connectivity index (χ2n) is 6.40. The fourth-order valence-corrected chi connectivity index (χ4v) is 2.26. The highest BCUT2D eigenvalue weighted by Gasteiger charge is 2.07. The lowest BCUT2D eigenvalue weighted by Gasteiger charge is -2.13. The first-order valence-corrected chi connectivity index (χ1v) is 8.77. The summed E-state index contributed by atoms with van der Waals surface area (Å²) in [6.45, 7) is -0.0940. The molecule has 0 saturated heterocycles. The van der Waals surface area contributed by atoms with Crippen LogP contribution in [0.4, 0.5) is 32.3 Å². The lowest BCUT2D eigenvalue weighted by Crippen LogP contribution is -2.20. The Morgan fingerprint density at radius 3 is 1.28 bits per heavy atom. The Labute approximate surface area is 177 Å². The van der Waals surface area contributed by atoms with Crippen molar-refractivity contribution in [2.75, 3.05) is 61.8 Å². The molecule has 2 rings (SSSR count).